The van der Waals surface area contributed by atoms with Crippen molar-refractivity contribution in [1.29, 1.82) is 0 Å². The predicted molar refractivity (Wildman–Crippen MR) is 88.8 cm³/mol. The predicted octanol–water partition coefficient (Wildman–Crippen LogP) is 2.45. The van der Waals surface area contributed by atoms with Crippen molar-refractivity contribution in [3.05, 3.63) is 18.0 Å². The summed E-state index contributed by atoms with van der Waals surface area (Å²) in [6.45, 7) is 3.47. The van der Waals surface area contributed by atoms with Crippen LogP contribution < -0.4 is 4.90 Å². The zero-order valence-electron chi connectivity index (χ0n) is 14.4. The number of aromatic nitrogens is 4. The summed E-state index contributed by atoms with van der Waals surface area (Å²) in [6, 6.07) is 3.99. The molecule has 5 rings (SSSR count). The van der Waals surface area contributed by atoms with Crippen molar-refractivity contribution in [3.8, 4) is 0 Å². The molecule has 26 heavy (non-hydrogen) atoms. The maximum atomic E-state index is 13.0. The molecule has 1 aliphatic heterocycles. The van der Waals surface area contributed by atoms with Crippen LogP contribution in [0.25, 0.3) is 5.65 Å². The summed E-state index contributed by atoms with van der Waals surface area (Å²) in [4.78, 5) is 4.64. The number of alkyl halides is 3. The van der Waals surface area contributed by atoms with Crippen molar-refractivity contribution in [2.45, 2.75) is 37.9 Å². The van der Waals surface area contributed by atoms with Gasteiger partial charge in [-0.3, -0.25) is 4.90 Å². The van der Waals surface area contributed by atoms with Gasteiger partial charge in [0, 0.05) is 32.2 Å². The van der Waals surface area contributed by atoms with E-state index in [0.717, 1.165) is 42.5 Å². The van der Waals surface area contributed by atoms with Crippen LogP contribution in [0, 0.1) is 11.8 Å². The van der Waals surface area contributed by atoms with Gasteiger partial charge in [-0.05, 0) is 43.2 Å². The topological polar surface area (TPSA) is 49.6 Å². The van der Waals surface area contributed by atoms with Crippen molar-refractivity contribution in [3.63, 3.8) is 0 Å². The van der Waals surface area contributed by atoms with Crippen LogP contribution in [-0.2, 0) is 6.18 Å². The van der Waals surface area contributed by atoms with E-state index >= 15 is 0 Å². The zero-order chi connectivity index (χ0) is 17.9. The van der Waals surface area contributed by atoms with Gasteiger partial charge >= 0.3 is 6.18 Å². The highest BCUT2D eigenvalue weighted by Crippen LogP contribution is 2.46. The molecule has 1 saturated heterocycles. The second-order valence-electron chi connectivity index (χ2n) is 7.75. The highest BCUT2D eigenvalue weighted by Gasteiger charge is 2.43. The fraction of sp³-hybridized carbons (Fsp3) is 0.706. The Kier molecular flexibility index (Phi) is 3.63. The van der Waals surface area contributed by atoms with Crippen molar-refractivity contribution < 1.29 is 13.2 Å². The highest BCUT2D eigenvalue weighted by atomic mass is 19.4. The highest BCUT2D eigenvalue weighted by molar-refractivity contribution is 5.46. The van der Waals surface area contributed by atoms with Crippen LogP contribution in [0.5, 0.6) is 0 Å². The maximum Gasteiger partial charge on any atom is 0.453 e. The van der Waals surface area contributed by atoms with E-state index in [1.807, 2.05) is 0 Å². The van der Waals surface area contributed by atoms with Crippen LogP contribution in [0.1, 0.15) is 31.5 Å². The summed E-state index contributed by atoms with van der Waals surface area (Å²) in [5.74, 6) is 1.25. The molecule has 0 spiro atoms. The number of hydrogen-bond acceptors (Lipinski definition) is 5. The molecule has 2 aromatic rings. The van der Waals surface area contributed by atoms with Gasteiger partial charge in [0.15, 0.2) is 5.65 Å². The second-order valence-corrected chi connectivity index (χ2v) is 7.75. The quantitative estimate of drug-likeness (QED) is 0.817. The first-order valence-corrected chi connectivity index (χ1v) is 9.28. The third kappa shape index (κ3) is 2.64. The Morgan fingerprint density at radius 1 is 0.962 bits per heavy atom. The van der Waals surface area contributed by atoms with Crippen LogP contribution in [0.2, 0.25) is 0 Å². The lowest BCUT2D eigenvalue weighted by Crippen LogP contribution is -2.52. The Morgan fingerprint density at radius 3 is 2.42 bits per heavy atom. The first kappa shape index (κ1) is 16.3. The number of fused-ring (bicyclic) bond motifs is 3. The number of rotatable bonds is 2. The van der Waals surface area contributed by atoms with E-state index in [1.165, 1.54) is 25.7 Å². The SMILES string of the molecule is FC(F)(F)c1nnc2ccc(N3CCN(C4CC5CCC4C5)CC3)nn12. The normalized spacial score (nSPS) is 29.8. The lowest BCUT2D eigenvalue weighted by Gasteiger charge is -2.41. The van der Waals surface area contributed by atoms with Gasteiger partial charge in [0.2, 0.25) is 0 Å². The molecule has 6 nitrogen and oxygen atoms in total. The molecule has 0 N–H and O–H groups in total. The standard InChI is InChI=1S/C17H21F3N6/c18-17(19,20)16-22-21-14-3-4-15(23-26(14)16)25-7-5-24(6-8-25)13-10-11-1-2-12(13)9-11/h3-4,11-13H,1-2,5-10H2. The summed E-state index contributed by atoms with van der Waals surface area (Å²) in [5, 5.41) is 11.0. The van der Waals surface area contributed by atoms with Crippen LogP contribution in [0.4, 0.5) is 19.0 Å². The van der Waals surface area contributed by atoms with Crippen LogP contribution in [0.15, 0.2) is 12.1 Å². The summed E-state index contributed by atoms with van der Waals surface area (Å²) in [7, 11) is 0. The molecule has 3 atom stereocenters. The summed E-state index contributed by atoms with van der Waals surface area (Å²) < 4.78 is 39.9. The van der Waals surface area contributed by atoms with E-state index in [1.54, 1.807) is 12.1 Å². The minimum absolute atomic E-state index is 0.113. The van der Waals surface area contributed by atoms with E-state index in [2.05, 4.69) is 25.1 Å². The Labute approximate surface area is 149 Å². The van der Waals surface area contributed by atoms with Crippen molar-refractivity contribution >= 4 is 11.5 Å². The average Bonchev–Trinajstić information content (AvgIpc) is 3.35. The lowest BCUT2D eigenvalue weighted by molar-refractivity contribution is -0.146. The van der Waals surface area contributed by atoms with Gasteiger partial charge < -0.3 is 4.90 Å². The molecule has 140 valence electrons. The van der Waals surface area contributed by atoms with Gasteiger partial charge in [0.1, 0.15) is 5.82 Å². The number of piperazine rings is 1. The van der Waals surface area contributed by atoms with Crippen LogP contribution in [0.3, 0.4) is 0 Å². The largest absolute Gasteiger partial charge is 0.453 e. The second kappa shape index (κ2) is 5.80. The molecular formula is C17H21F3N6. The smallest absolute Gasteiger partial charge is 0.353 e. The third-order valence-electron chi connectivity index (χ3n) is 6.31. The molecule has 3 heterocycles. The van der Waals surface area contributed by atoms with Crippen molar-refractivity contribution in [2.75, 3.05) is 31.1 Å². The van der Waals surface area contributed by atoms with Gasteiger partial charge in [-0.25, -0.2) is 0 Å². The Hall–Kier alpha value is -1.90. The van der Waals surface area contributed by atoms with Gasteiger partial charge in [-0.2, -0.15) is 17.7 Å². The number of anilines is 1. The first-order valence-electron chi connectivity index (χ1n) is 9.28. The molecule has 2 aliphatic carbocycles. The fourth-order valence-corrected chi connectivity index (χ4v) is 5.07. The molecule has 3 aliphatic rings. The van der Waals surface area contributed by atoms with E-state index in [-0.39, 0.29) is 5.65 Å². The molecule has 3 fully saturated rings. The van der Waals surface area contributed by atoms with Crippen molar-refractivity contribution in [1.82, 2.24) is 24.7 Å². The fourth-order valence-electron chi connectivity index (χ4n) is 5.07. The zero-order valence-corrected chi connectivity index (χ0v) is 14.4. The van der Waals surface area contributed by atoms with E-state index < -0.39 is 12.0 Å². The molecule has 9 heteroatoms. The summed E-state index contributed by atoms with van der Waals surface area (Å²) in [5.41, 5.74) is 0.113. The molecule has 0 amide bonds. The van der Waals surface area contributed by atoms with Gasteiger partial charge in [0.05, 0.1) is 0 Å². The molecule has 3 unspecified atom stereocenters. The summed E-state index contributed by atoms with van der Waals surface area (Å²) in [6.07, 6.45) is 0.903. The molecular weight excluding hydrogens is 345 g/mol. The third-order valence-corrected chi connectivity index (χ3v) is 6.31. The maximum absolute atomic E-state index is 13.0. The Bertz CT molecular complexity index is 810. The Morgan fingerprint density at radius 2 is 1.77 bits per heavy atom. The summed E-state index contributed by atoms with van der Waals surface area (Å²) >= 11 is 0. The molecule has 2 saturated carbocycles. The lowest BCUT2D eigenvalue weighted by atomic mass is 9.93. The number of hydrogen-bond donors (Lipinski definition) is 0. The molecule has 0 aromatic carbocycles. The minimum Gasteiger partial charge on any atom is -0.353 e. The molecule has 2 bridgehead atoms. The average molecular weight is 366 g/mol. The molecule has 2 aromatic heterocycles. The minimum atomic E-state index is -4.56. The van der Waals surface area contributed by atoms with E-state index in [9.17, 15) is 13.2 Å². The molecule has 0 radical (unpaired) electrons. The van der Waals surface area contributed by atoms with E-state index in [0.29, 0.717) is 11.9 Å². The number of nitrogens with zero attached hydrogens (tertiary/aromatic N) is 6. The number of halogens is 3. The van der Waals surface area contributed by atoms with E-state index in [4.69, 9.17) is 0 Å². The Balaban J connectivity index is 1.32. The van der Waals surface area contributed by atoms with Gasteiger partial charge in [-0.1, -0.05) is 6.42 Å². The van der Waals surface area contributed by atoms with Crippen LogP contribution in [-0.4, -0.2) is 56.9 Å². The van der Waals surface area contributed by atoms with Crippen LogP contribution >= 0.6 is 0 Å². The monoisotopic (exact) mass is 366 g/mol. The van der Waals surface area contributed by atoms with Crippen molar-refractivity contribution in [2.24, 2.45) is 11.8 Å². The first-order chi connectivity index (χ1) is 12.5. The van der Waals surface area contributed by atoms with Gasteiger partial charge in [0.25, 0.3) is 5.82 Å². The van der Waals surface area contributed by atoms with Gasteiger partial charge in [-0.15, -0.1) is 15.3 Å².